The summed E-state index contributed by atoms with van der Waals surface area (Å²) in [6, 6.07) is 7.05. The molecule has 0 atom stereocenters. The lowest BCUT2D eigenvalue weighted by atomic mass is 10.2. The molecule has 0 bridgehead atoms. The quantitative estimate of drug-likeness (QED) is 0.756. The fraction of sp³-hybridized carbons (Fsp3) is 0.417. The van der Waals surface area contributed by atoms with Gasteiger partial charge in [-0.15, -0.1) is 0 Å². The molecule has 0 spiro atoms. The zero-order chi connectivity index (χ0) is 12.1. The Morgan fingerprint density at radius 1 is 1.50 bits per heavy atom. The highest BCUT2D eigenvalue weighted by atomic mass is 35.5. The first-order valence-corrected chi connectivity index (χ1v) is 5.48. The van der Waals surface area contributed by atoms with E-state index in [9.17, 15) is 4.39 Å². The van der Waals surface area contributed by atoms with Gasteiger partial charge < -0.3 is 0 Å². The Labute approximate surface area is 100 Å². The first kappa shape index (κ1) is 13.0. The number of benzene rings is 1. The number of hydrogen-bond donors (Lipinski definition) is 0. The minimum absolute atomic E-state index is 0.145. The van der Waals surface area contributed by atoms with Crippen molar-refractivity contribution in [3.8, 4) is 6.07 Å². The van der Waals surface area contributed by atoms with Crippen LogP contribution in [0.25, 0.3) is 0 Å². The largest absolute Gasteiger partial charge is 0.284 e. The maximum atomic E-state index is 13.2. The van der Waals surface area contributed by atoms with Gasteiger partial charge in [-0.25, -0.2) is 4.39 Å². The lowest BCUT2D eigenvalue weighted by Gasteiger charge is -2.23. The summed E-state index contributed by atoms with van der Waals surface area (Å²) in [7, 11) is 0. The molecule has 0 fully saturated rings. The Balaban J connectivity index is 2.86. The Hall–Kier alpha value is -1.11. The van der Waals surface area contributed by atoms with Crippen molar-refractivity contribution in [2.75, 3.05) is 6.54 Å². The van der Waals surface area contributed by atoms with E-state index in [2.05, 4.69) is 6.07 Å². The third-order valence-corrected chi connectivity index (χ3v) is 2.83. The van der Waals surface area contributed by atoms with Crippen molar-refractivity contribution in [2.45, 2.75) is 26.4 Å². The number of nitriles is 1. The zero-order valence-electron chi connectivity index (χ0n) is 9.37. The molecule has 1 aromatic rings. The Bertz CT molecular complexity index is 398. The Kier molecular flexibility index (Phi) is 4.72. The van der Waals surface area contributed by atoms with Crippen molar-refractivity contribution in [3.05, 3.63) is 34.6 Å². The zero-order valence-corrected chi connectivity index (χ0v) is 10.1. The molecule has 0 saturated carbocycles. The van der Waals surface area contributed by atoms with Crippen LogP contribution < -0.4 is 0 Å². The van der Waals surface area contributed by atoms with Gasteiger partial charge in [0.1, 0.15) is 5.82 Å². The molecule has 1 aromatic carbocycles. The molecule has 0 heterocycles. The second-order valence-electron chi connectivity index (χ2n) is 3.87. The van der Waals surface area contributed by atoms with E-state index in [1.54, 1.807) is 12.1 Å². The molecule has 0 unspecified atom stereocenters. The molecule has 0 aliphatic heterocycles. The molecule has 2 nitrogen and oxygen atoms in total. The number of rotatable bonds is 4. The fourth-order valence-corrected chi connectivity index (χ4v) is 1.59. The highest BCUT2D eigenvalue weighted by molar-refractivity contribution is 6.31. The number of halogens is 2. The summed E-state index contributed by atoms with van der Waals surface area (Å²) in [6.45, 7) is 4.78. The van der Waals surface area contributed by atoms with Crippen molar-refractivity contribution in [1.82, 2.24) is 4.90 Å². The number of hydrogen-bond acceptors (Lipinski definition) is 2. The fourth-order valence-electron chi connectivity index (χ4n) is 1.40. The van der Waals surface area contributed by atoms with Crippen molar-refractivity contribution >= 4 is 11.6 Å². The number of nitrogens with zero attached hydrogens (tertiary/aromatic N) is 2. The van der Waals surface area contributed by atoms with Gasteiger partial charge in [0.25, 0.3) is 0 Å². The highest BCUT2D eigenvalue weighted by Crippen LogP contribution is 2.21. The second kappa shape index (κ2) is 5.83. The molecule has 0 N–H and O–H groups in total. The average molecular weight is 241 g/mol. The molecule has 0 aliphatic rings. The van der Waals surface area contributed by atoms with E-state index in [0.29, 0.717) is 18.7 Å². The van der Waals surface area contributed by atoms with Gasteiger partial charge in [-0.3, -0.25) is 4.90 Å². The molecule has 0 radical (unpaired) electrons. The molecule has 86 valence electrons. The van der Waals surface area contributed by atoms with E-state index in [4.69, 9.17) is 16.9 Å². The molecule has 0 aromatic heterocycles. The maximum absolute atomic E-state index is 13.2. The smallest absolute Gasteiger partial charge is 0.142 e. The average Bonchev–Trinajstić information content (AvgIpc) is 2.23. The van der Waals surface area contributed by atoms with Crippen LogP contribution in [0.1, 0.15) is 19.4 Å². The molecule has 0 saturated heterocycles. The van der Waals surface area contributed by atoms with E-state index in [1.165, 1.54) is 6.07 Å². The Morgan fingerprint density at radius 2 is 2.19 bits per heavy atom. The van der Waals surface area contributed by atoms with Crippen LogP contribution in [0.2, 0.25) is 5.02 Å². The van der Waals surface area contributed by atoms with Crippen LogP contribution >= 0.6 is 11.6 Å². The van der Waals surface area contributed by atoms with Crippen LogP contribution in [0.5, 0.6) is 0 Å². The topological polar surface area (TPSA) is 27.0 Å². The van der Waals surface area contributed by atoms with Crippen molar-refractivity contribution < 1.29 is 4.39 Å². The van der Waals surface area contributed by atoms with E-state index in [-0.39, 0.29) is 11.1 Å². The minimum atomic E-state index is -0.417. The van der Waals surface area contributed by atoms with Crippen LogP contribution in [0, 0.1) is 17.1 Å². The second-order valence-corrected chi connectivity index (χ2v) is 4.25. The van der Waals surface area contributed by atoms with Crippen LogP contribution in [0.15, 0.2) is 18.2 Å². The SMILES string of the molecule is CC(C)N(CC#N)Cc1cccc(F)c1Cl. The minimum Gasteiger partial charge on any atom is -0.284 e. The van der Waals surface area contributed by atoms with Gasteiger partial charge in [0.15, 0.2) is 0 Å². The van der Waals surface area contributed by atoms with Crippen LogP contribution in [-0.2, 0) is 6.54 Å². The van der Waals surface area contributed by atoms with Gasteiger partial charge in [-0.05, 0) is 25.5 Å². The van der Waals surface area contributed by atoms with Gasteiger partial charge in [-0.1, -0.05) is 23.7 Å². The van der Waals surface area contributed by atoms with Crippen molar-refractivity contribution in [1.29, 1.82) is 5.26 Å². The van der Waals surface area contributed by atoms with Crippen molar-refractivity contribution in [3.63, 3.8) is 0 Å². The lowest BCUT2D eigenvalue weighted by Crippen LogP contribution is -2.30. The van der Waals surface area contributed by atoms with Crippen LogP contribution in [0.4, 0.5) is 4.39 Å². The third-order valence-electron chi connectivity index (χ3n) is 2.41. The molecular formula is C12H14ClFN2. The molecule has 0 aliphatic carbocycles. The van der Waals surface area contributed by atoms with E-state index in [1.807, 2.05) is 18.7 Å². The highest BCUT2D eigenvalue weighted by Gasteiger charge is 2.13. The summed E-state index contributed by atoms with van der Waals surface area (Å²) < 4.78 is 13.2. The molecule has 0 amide bonds. The summed E-state index contributed by atoms with van der Waals surface area (Å²) in [5, 5.41) is 8.83. The van der Waals surface area contributed by atoms with Crippen molar-refractivity contribution in [2.24, 2.45) is 0 Å². The predicted molar refractivity (Wildman–Crippen MR) is 62.6 cm³/mol. The maximum Gasteiger partial charge on any atom is 0.142 e. The first-order chi connectivity index (χ1) is 7.56. The summed E-state index contributed by atoms with van der Waals surface area (Å²) in [5.41, 5.74) is 0.714. The normalized spacial score (nSPS) is 10.8. The Morgan fingerprint density at radius 3 is 2.75 bits per heavy atom. The predicted octanol–water partition coefficient (Wildman–Crippen LogP) is 3.21. The van der Waals surface area contributed by atoms with Gasteiger partial charge >= 0.3 is 0 Å². The van der Waals surface area contributed by atoms with Crippen LogP contribution in [-0.4, -0.2) is 17.5 Å². The molecule has 4 heteroatoms. The standard InChI is InChI=1S/C12H14ClFN2/c1-9(2)16(7-6-15)8-10-4-3-5-11(14)12(10)13/h3-5,9H,7-8H2,1-2H3. The monoisotopic (exact) mass is 240 g/mol. The van der Waals surface area contributed by atoms with Gasteiger partial charge in [0.2, 0.25) is 0 Å². The summed E-state index contributed by atoms with van der Waals surface area (Å²) >= 11 is 5.86. The van der Waals surface area contributed by atoms with Gasteiger partial charge in [0, 0.05) is 12.6 Å². The van der Waals surface area contributed by atoms with E-state index >= 15 is 0 Å². The summed E-state index contributed by atoms with van der Waals surface area (Å²) in [5.74, 6) is -0.417. The summed E-state index contributed by atoms with van der Waals surface area (Å²) in [4.78, 5) is 1.93. The van der Waals surface area contributed by atoms with Gasteiger partial charge in [0.05, 0.1) is 17.6 Å². The lowest BCUT2D eigenvalue weighted by molar-refractivity contribution is 0.240. The van der Waals surface area contributed by atoms with Gasteiger partial charge in [-0.2, -0.15) is 5.26 Å². The van der Waals surface area contributed by atoms with Crippen LogP contribution in [0.3, 0.4) is 0 Å². The molecule has 1 rings (SSSR count). The summed E-state index contributed by atoms with van der Waals surface area (Å²) in [6.07, 6.45) is 0. The third kappa shape index (κ3) is 3.19. The molecule has 16 heavy (non-hydrogen) atoms. The van der Waals surface area contributed by atoms with E-state index in [0.717, 1.165) is 0 Å². The molecular weight excluding hydrogens is 227 g/mol. The van der Waals surface area contributed by atoms with E-state index < -0.39 is 5.82 Å². The first-order valence-electron chi connectivity index (χ1n) is 5.10.